The lowest BCUT2D eigenvalue weighted by atomic mass is 9.86. The van der Waals surface area contributed by atoms with Crippen molar-refractivity contribution in [2.75, 3.05) is 6.54 Å². The molecule has 19 heavy (non-hydrogen) atoms. The van der Waals surface area contributed by atoms with E-state index in [1.54, 1.807) is 0 Å². The molecule has 0 saturated carbocycles. The van der Waals surface area contributed by atoms with Crippen molar-refractivity contribution in [2.45, 2.75) is 52.9 Å². The Morgan fingerprint density at radius 3 is 2.05 bits per heavy atom. The number of carbonyl (C=O) groups excluding carboxylic acids is 1. The molecule has 0 aliphatic rings. The molecule has 1 aromatic rings. The van der Waals surface area contributed by atoms with Crippen molar-refractivity contribution in [3.63, 3.8) is 0 Å². The Bertz CT molecular complexity index is 396. The third kappa shape index (κ3) is 4.70. The van der Waals surface area contributed by atoms with Crippen LogP contribution in [0.1, 0.15) is 63.4 Å². The highest BCUT2D eigenvalue weighted by atomic mass is 16.1. The topological polar surface area (TPSA) is 29.1 Å². The molecule has 0 bridgehead atoms. The Kier molecular flexibility index (Phi) is 5.59. The molecule has 0 fully saturated rings. The predicted octanol–water partition coefficient (Wildman–Crippen LogP) is 4.15. The number of amides is 1. The highest BCUT2D eigenvalue weighted by Gasteiger charge is 2.14. The van der Waals surface area contributed by atoms with Gasteiger partial charge in [-0.3, -0.25) is 4.79 Å². The lowest BCUT2D eigenvalue weighted by molar-refractivity contribution is 0.0946. The maximum atomic E-state index is 12.0. The molecule has 0 saturated heterocycles. The lowest BCUT2D eigenvalue weighted by Gasteiger charge is -2.19. The van der Waals surface area contributed by atoms with Gasteiger partial charge in [-0.25, -0.2) is 0 Å². The molecule has 0 unspecified atom stereocenters. The van der Waals surface area contributed by atoms with Crippen molar-refractivity contribution in [1.29, 1.82) is 0 Å². The zero-order valence-electron chi connectivity index (χ0n) is 12.9. The highest BCUT2D eigenvalue weighted by molar-refractivity contribution is 5.94. The Labute approximate surface area is 117 Å². The van der Waals surface area contributed by atoms with Crippen molar-refractivity contribution < 1.29 is 4.79 Å². The number of hydrogen-bond acceptors (Lipinski definition) is 1. The van der Waals surface area contributed by atoms with E-state index >= 15 is 0 Å². The van der Waals surface area contributed by atoms with E-state index < -0.39 is 0 Å². The minimum Gasteiger partial charge on any atom is -0.352 e. The second kappa shape index (κ2) is 6.74. The highest BCUT2D eigenvalue weighted by Crippen LogP contribution is 2.22. The average molecular weight is 261 g/mol. The fourth-order valence-corrected chi connectivity index (χ4v) is 2.04. The van der Waals surface area contributed by atoms with Crippen molar-refractivity contribution >= 4 is 5.91 Å². The number of hydrogen-bond donors (Lipinski definition) is 1. The normalized spacial score (nSPS) is 11.7. The summed E-state index contributed by atoms with van der Waals surface area (Å²) in [5, 5.41) is 3.02. The molecule has 0 heterocycles. The van der Waals surface area contributed by atoms with Gasteiger partial charge in [0, 0.05) is 12.1 Å². The Balaban J connectivity index is 2.63. The Hall–Kier alpha value is -1.31. The molecule has 0 aromatic heterocycles. The molecule has 0 atom stereocenters. The fraction of sp³-hybridized carbons (Fsp3) is 0.588. The molecular formula is C17H27NO. The fourth-order valence-electron chi connectivity index (χ4n) is 2.04. The average Bonchev–Trinajstić information content (AvgIpc) is 2.39. The van der Waals surface area contributed by atoms with Crippen molar-refractivity contribution in [3.05, 3.63) is 35.4 Å². The SMILES string of the molecule is CCC(CC)CNC(=O)c1ccc(C(C)(C)C)cc1. The van der Waals surface area contributed by atoms with Gasteiger partial charge in [-0.05, 0) is 29.0 Å². The van der Waals surface area contributed by atoms with Crippen LogP contribution in [0, 0.1) is 5.92 Å². The molecule has 1 rings (SSSR count). The summed E-state index contributed by atoms with van der Waals surface area (Å²) >= 11 is 0. The third-order valence-electron chi connectivity index (χ3n) is 3.72. The molecule has 0 aliphatic heterocycles. The van der Waals surface area contributed by atoms with Gasteiger partial charge in [0.1, 0.15) is 0 Å². The summed E-state index contributed by atoms with van der Waals surface area (Å²) in [6.07, 6.45) is 2.22. The summed E-state index contributed by atoms with van der Waals surface area (Å²) in [6, 6.07) is 7.93. The van der Waals surface area contributed by atoms with Crippen LogP contribution in [-0.2, 0) is 5.41 Å². The molecular weight excluding hydrogens is 234 g/mol. The van der Waals surface area contributed by atoms with Gasteiger partial charge in [0.2, 0.25) is 0 Å². The first-order valence-electron chi connectivity index (χ1n) is 7.27. The predicted molar refractivity (Wildman–Crippen MR) is 81.5 cm³/mol. The van der Waals surface area contributed by atoms with Gasteiger partial charge >= 0.3 is 0 Å². The van der Waals surface area contributed by atoms with Gasteiger partial charge < -0.3 is 5.32 Å². The summed E-state index contributed by atoms with van der Waals surface area (Å²) in [4.78, 5) is 12.0. The van der Waals surface area contributed by atoms with E-state index in [4.69, 9.17) is 0 Å². The number of nitrogens with one attached hydrogen (secondary N) is 1. The smallest absolute Gasteiger partial charge is 0.251 e. The second-order valence-electron chi connectivity index (χ2n) is 6.22. The van der Waals surface area contributed by atoms with E-state index in [0.717, 1.165) is 24.9 Å². The summed E-state index contributed by atoms with van der Waals surface area (Å²) in [5.74, 6) is 0.616. The van der Waals surface area contributed by atoms with E-state index in [2.05, 4.69) is 39.9 Å². The molecule has 1 aromatic carbocycles. The Morgan fingerprint density at radius 2 is 1.63 bits per heavy atom. The van der Waals surface area contributed by atoms with E-state index in [1.807, 2.05) is 24.3 Å². The standard InChI is InChI=1S/C17H27NO/c1-6-13(7-2)12-18-16(19)14-8-10-15(11-9-14)17(3,4)5/h8-11,13H,6-7,12H2,1-5H3,(H,18,19). The molecule has 0 radical (unpaired) electrons. The number of benzene rings is 1. The third-order valence-corrected chi connectivity index (χ3v) is 3.72. The molecule has 1 N–H and O–H groups in total. The van der Waals surface area contributed by atoms with Crippen LogP contribution < -0.4 is 5.32 Å². The van der Waals surface area contributed by atoms with Gasteiger partial charge in [-0.1, -0.05) is 59.6 Å². The zero-order valence-corrected chi connectivity index (χ0v) is 12.9. The molecule has 1 amide bonds. The van der Waals surface area contributed by atoms with E-state index in [1.165, 1.54) is 5.56 Å². The van der Waals surface area contributed by atoms with Gasteiger partial charge in [0.25, 0.3) is 5.91 Å². The number of carbonyl (C=O) groups is 1. The summed E-state index contributed by atoms with van der Waals surface area (Å²) in [5.41, 5.74) is 2.13. The minimum absolute atomic E-state index is 0.0346. The molecule has 2 nitrogen and oxygen atoms in total. The monoisotopic (exact) mass is 261 g/mol. The van der Waals surface area contributed by atoms with E-state index in [9.17, 15) is 4.79 Å². The van der Waals surface area contributed by atoms with Gasteiger partial charge in [-0.15, -0.1) is 0 Å². The van der Waals surface area contributed by atoms with Gasteiger partial charge in [0.05, 0.1) is 0 Å². The van der Waals surface area contributed by atoms with Crippen molar-refractivity contribution in [1.82, 2.24) is 5.32 Å². The molecule has 2 heteroatoms. The first-order chi connectivity index (χ1) is 8.88. The summed E-state index contributed by atoms with van der Waals surface area (Å²) in [6.45, 7) is 11.6. The molecule has 0 spiro atoms. The maximum Gasteiger partial charge on any atom is 0.251 e. The minimum atomic E-state index is 0.0346. The summed E-state index contributed by atoms with van der Waals surface area (Å²) < 4.78 is 0. The van der Waals surface area contributed by atoms with Crippen LogP contribution in [0.5, 0.6) is 0 Å². The van der Waals surface area contributed by atoms with Crippen LogP contribution in [-0.4, -0.2) is 12.5 Å². The van der Waals surface area contributed by atoms with Crippen LogP contribution in [0.4, 0.5) is 0 Å². The van der Waals surface area contributed by atoms with Gasteiger partial charge in [0.15, 0.2) is 0 Å². The molecule has 0 aliphatic carbocycles. The second-order valence-corrected chi connectivity index (χ2v) is 6.22. The van der Waals surface area contributed by atoms with Crippen molar-refractivity contribution in [3.8, 4) is 0 Å². The van der Waals surface area contributed by atoms with Crippen LogP contribution in [0.25, 0.3) is 0 Å². The van der Waals surface area contributed by atoms with Crippen LogP contribution in [0.2, 0.25) is 0 Å². The van der Waals surface area contributed by atoms with E-state index in [0.29, 0.717) is 5.92 Å². The largest absolute Gasteiger partial charge is 0.352 e. The maximum absolute atomic E-state index is 12.0. The quantitative estimate of drug-likeness (QED) is 0.847. The van der Waals surface area contributed by atoms with Gasteiger partial charge in [-0.2, -0.15) is 0 Å². The van der Waals surface area contributed by atoms with Crippen LogP contribution >= 0.6 is 0 Å². The zero-order chi connectivity index (χ0) is 14.5. The summed E-state index contributed by atoms with van der Waals surface area (Å²) in [7, 11) is 0. The lowest BCUT2D eigenvalue weighted by Crippen LogP contribution is -2.29. The van der Waals surface area contributed by atoms with Crippen molar-refractivity contribution in [2.24, 2.45) is 5.92 Å². The van der Waals surface area contributed by atoms with Crippen LogP contribution in [0.15, 0.2) is 24.3 Å². The first-order valence-corrected chi connectivity index (χ1v) is 7.27. The Morgan fingerprint density at radius 1 is 1.11 bits per heavy atom. The molecule has 106 valence electrons. The van der Waals surface area contributed by atoms with Crippen LogP contribution in [0.3, 0.4) is 0 Å². The van der Waals surface area contributed by atoms with E-state index in [-0.39, 0.29) is 11.3 Å². The number of rotatable bonds is 5. The first kappa shape index (κ1) is 15.7.